The van der Waals surface area contributed by atoms with Crippen LogP contribution < -0.4 is 20.7 Å². The molecule has 0 aliphatic heterocycles. The summed E-state index contributed by atoms with van der Waals surface area (Å²) < 4.78 is 7.08. The molecule has 1 amide bonds. The number of carbonyl (C=O) groups is 1. The van der Waals surface area contributed by atoms with Gasteiger partial charge in [0.2, 0.25) is 5.95 Å². The smallest absolute Gasteiger partial charge is 0.414 e. The average Bonchev–Trinajstić information content (AvgIpc) is 2.93. The Bertz CT molecular complexity index is 1560. The van der Waals surface area contributed by atoms with Gasteiger partial charge in [0.05, 0.1) is 5.69 Å². The van der Waals surface area contributed by atoms with Crippen LogP contribution in [0.1, 0.15) is 33.3 Å². The third kappa shape index (κ3) is 7.51. The van der Waals surface area contributed by atoms with Crippen molar-refractivity contribution < 1.29 is 9.53 Å². The lowest BCUT2D eigenvalue weighted by atomic mass is 10.1. The molecule has 0 radical (unpaired) electrons. The molecule has 0 spiro atoms. The molecular formula is C32H38N6O3. The van der Waals surface area contributed by atoms with Crippen LogP contribution in [0.4, 0.5) is 27.9 Å². The number of hydrogen-bond donors (Lipinski definition) is 1. The SMILES string of the molecule is C[C@@H](Cc1cccc(N(C)C(=O)OC(C)(C)C)c1)Nc1nccc(N(C)c2cc(-c3ccccc3)c(=O)n(C)c2)n1. The van der Waals surface area contributed by atoms with Gasteiger partial charge in [-0.1, -0.05) is 42.5 Å². The van der Waals surface area contributed by atoms with Crippen molar-refractivity contribution in [3.63, 3.8) is 0 Å². The first-order chi connectivity index (χ1) is 19.4. The first-order valence-corrected chi connectivity index (χ1v) is 13.6. The van der Waals surface area contributed by atoms with Gasteiger partial charge in [-0.15, -0.1) is 0 Å². The number of benzene rings is 2. The summed E-state index contributed by atoms with van der Waals surface area (Å²) in [6, 6.07) is 21.2. The summed E-state index contributed by atoms with van der Waals surface area (Å²) in [6.07, 6.45) is 3.81. The van der Waals surface area contributed by atoms with Crippen molar-refractivity contribution in [3.8, 4) is 11.1 Å². The maximum atomic E-state index is 12.8. The minimum atomic E-state index is -0.564. The van der Waals surface area contributed by atoms with Crippen molar-refractivity contribution in [1.82, 2.24) is 14.5 Å². The van der Waals surface area contributed by atoms with E-state index >= 15 is 0 Å². The number of aromatic nitrogens is 3. The van der Waals surface area contributed by atoms with Gasteiger partial charge in [0.15, 0.2) is 0 Å². The van der Waals surface area contributed by atoms with E-state index in [1.165, 1.54) is 4.90 Å². The third-order valence-electron chi connectivity index (χ3n) is 6.51. The van der Waals surface area contributed by atoms with Crippen LogP contribution in [0.5, 0.6) is 0 Å². The zero-order chi connectivity index (χ0) is 29.7. The molecule has 41 heavy (non-hydrogen) atoms. The topological polar surface area (TPSA) is 92.6 Å². The minimum Gasteiger partial charge on any atom is -0.443 e. The Morgan fingerprint density at radius 3 is 2.46 bits per heavy atom. The van der Waals surface area contributed by atoms with Gasteiger partial charge in [-0.3, -0.25) is 9.69 Å². The number of ether oxygens (including phenoxy) is 1. The molecule has 0 saturated heterocycles. The summed E-state index contributed by atoms with van der Waals surface area (Å²) in [5.41, 5.74) is 3.51. The fourth-order valence-corrected chi connectivity index (χ4v) is 4.39. The third-order valence-corrected chi connectivity index (χ3v) is 6.51. The molecule has 0 saturated carbocycles. The Labute approximate surface area is 241 Å². The fourth-order valence-electron chi connectivity index (χ4n) is 4.39. The molecule has 0 bridgehead atoms. The summed E-state index contributed by atoms with van der Waals surface area (Å²) in [5, 5.41) is 3.39. The van der Waals surface area contributed by atoms with Crippen molar-refractivity contribution in [3.05, 3.63) is 95.0 Å². The maximum absolute atomic E-state index is 12.8. The van der Waals surface area contributed by atoms with Gasteiger partial charge in [-0.2, -0.15) is 4.98 Å². The summed E-state index contributed by atoms with van der Waals surface area (Å²) in [6.45, 7) is 7.60. The first-order valence-electron chi connectivity index (χ1n) is 13.6. The predicted molar refractivity (Wildman–Crippen MR) is 165 cm³/mol. The molecule has 0 fully saturated rings. The van der Waals surface area contributed by atoms with Crippen LogP contribution in [0, 0.1) is 0 Å². The zero-order valence-electron chi connectivity index (χ0n) is 24.8. The van der Waals surface area contributed by atoms with Crippen LogP contribution in [0.2, 0.25) is 0 Å². The first kappa shape index (κ1) is 29.3. The highest BCUT2D eigenvalue weighted by Gasteiger charge is 2.21. The van der Waals surface area contributed by atoms with Gasteiger partial charge in [0, 0.05) is 50.8 Å². The highest BCUT2D eigenvalue weighted by Crippen LogP contribution is 2.26. The monoisotopic (exact) mass is 554 g/mol. The van der Waals surface area contributed by atoms with Crippen molar-refractivity contribution in [2.24, 2.45) is 7.05 Å². The van der Waals surface area contributed by atoms with E-state index in [4.69, 9.17) is 9.72 Å². The van der Waals surface area contributed by atoms with Crippen LogP contribution in [-0.2, 0) is 18.2 Å². The van der Waals surface area contributed by atoms with Crippen LogP contribution in [-0.4, -0.2) is 46.4 Å². The molecule has 0 unspecified atom stereocenters. The molecule has 4 aromatic rings. The number of rotatable bonds is 8. The summed E-state index contributed by atoms with van der Waals surface area (Å²) in [7, 11) is 5.37. The van der Waals surface area contributed by atoms with Crippen LogP contribution in [0.3, 0.4) is 0 Å². The number of carbonyl (C=O) groups excluding carboxylic acids is 1. The van der Waals surface area contributed by atoms with E-state index in [2.05, 4.69) is 17.2 Å². The van der Waals surface area contributed by atoms with E-state index in [-0.39, 0.29) is 11.6 Å². The Balaban J connectivity index is 1.47. The van der Waals surface area contributed by atoms with Crippen molar-refractivity contribution in [2.45, 2.75) is 45.8 Å². The van der Waals surface area contributed by atoms with Gasteiger partial charge in [0.1, 0.15) is 11.4 Å². The van der Waals surface area contributed by atoms with E-state index in [1.807, 2.05) is 99.4 Å². The summed E-state index contributed by atoms with van der Waals surface area (Å²) >= 11 is 0. The van der Waals surface area contributed by atoms with E-state index in [9.17, 15) is 9.59 Å². The van der Waals surface area contributed by atoms with Crippen molar-refractivity contribution in [2.75, 3.05) is 29.2 Å². The second kappa shape index (κ2) is 12.2. The molecule has 1 atom stereocenters. The van der Waals surface area contributed by atoms with Gasteiger partial charge in [-0.25, -0.2) is 9.78 Å². The highest BCUT2D eigenvalue weighted by molar-refractivity contribution is 5.87. The van der Waals surface area contributed by atoms with Crippen LogP contribution in [0.25, 0.3) is 11.1 Å². The maximum Gasteiger partial charge on any atom is 0.414 e. The molecule has 0 aliphatic carbocycles. The number of pyridine rings is 1. The molecule has 9 heteroatoms. The lowest BCUT2D eigenvalue weighted by Gasteiger charge is -2.25. The van der Waals surface area contributed by atoms with Crippen molar-refractivity contribution >= 4 is 29.2 Å². The Morgan fingerprint density at radius 2 is 1.76 bits per heavy atom. The van der Waals surface area contributed by atoms with E-state index in [0.717, 1.165) is 22.5 Å². The van der Waals surface area contributed by atoms with Gasteiger partial charge in [-0.05, 0) is 69.5 Å². The number of nitrogens with zero attached hydrogens (tertiary/aromatic N) is 5. The molecule has 2 heterocycles. The number of anilines is 4. The fraction of sp³-hybridized carbons (Fsp3) is 0.312. The zero-order valence-corrected chi connectivity index (χ0v) is 24.8. The number of nitrogens with one attached hydrogen (secondary N) is 1. The standard InChI is InChI=1S/C32H38N6O3/c1-22(18-23-12-11-15-25(19-23)38(7)31(40)41-32(2,3)4)34-30-33-17-16-28(35-30)37(6)26-20-27(29(39)36(5)21-26)24-13-9-8-10-14-24/h8-17,19-22H,18H2,1-7H3,(H,33,34,35)/t22-/m0/s1. The molecule has 9 nitrogen and oxygen atoms in total. The van der Waals surface area contributed by atoms with Crippen LogP contribution >= 0.6 is 0 Å². The number of amides is 1. The Kier molecular flexibility index (Phi) is 8.76. The number of hydrogen-bond acceptors (Lipinski definition) is 7. The van der Waals surface area contributed by atoms with Crippen LogP contribution in [0.15, 0.2) is 83.9 Å². The lowest BCUT2D eigenvalue weighted by molar-refractivity contribution is 0.0589. The van der Waals surface area contributed by atoms with E-state index in [1.54, 1.807) is 31.1 Å². The molecule has 2 aromatic heterocycles. The van der Waals surface area contributed by atoms with Gasteiger partial charge in [0.25, 0.3) is 5.56 Å². The number of aryl methyl sites for hydroxylation is 1. The molecule has 1 N–H and O–H groups in total. The van der Waals surface area contributed by atoms with Crippen molar-refractivity contribution in [1.29, 1.82) is 0 Å². The summed E-state index contributed by atoms with van der Waals surface area (Å²) in [4.78, 5) is 37.9. The quantitative estimate of drug-likeness (QED) is 0.285. The Hall–Kier alpha value is -4.66. The minimum absolute atomic E-state index is 0.0138. The normalized spacial score (nSPS) is 12.0. The largest absolute Gasteiger partial charge is 0.443 e. The summed E-state index contributed by atoms with van der Waals surface area (Å²) in [5.74, 6) is 1.19. The van der Waals surface area contributed by atoms with E-state index in [0.29, 0.717) is 23.8 Å². The van der Waals surface area contributed by atoms with E-state index < -0.39 is 11.7 Å². The predicted octanol–water partition coefficient (Wildman–Crippen LogP) is 6.02. The average molecular weight is 555 g/mol. The van der Waals surface area contributed by atoms with Gasteiger partial charge < -0.3 is 19.5 Å². The molecular weight excluding hydrogens is 516 g/mol. The lowest BCUT2D eigenvalue weighted by Crippen LogP contribution is -2.34. The second-order valence-electron chi connectivity index (χ2n) is 11.2. The molecule has 2 aromatic carbocycles. The van der Waals surface area contributed by atoms with Gasteiger partial charge >= 0.3 is 6.09 Å². The molecule has 0 aliphatic rings. The molecule has 214 valence electrons. The second-order valence-corrected chi connectivity index (χ2v) is 11.2. The molecule has 4 rings (SSSR count). The highest BCUT2D eigenvalue weighted by atomic mass is 16.6. The Morgan fingerprint density at radius 1 is 1.02 bits per heavy atom.